The Labute approximate surface area is 141 Å². The molecule has 1 aromatic heterocycles. The van der Waals surface area contributed by atoms with Crippen LogP contribution in [0.4, 0.5) is 11.5 Å². The minimum absolute atomic E-state index is 0.458. The predicted molar refractivity (Wildman–Crippen MR) is 90.9 cm³/mol. The summed E-state index contributed by atoms with van der Waals surface area (Å²) in [5.41, 5.74) is 0.819. The second-order valence-electron chi connectivity index (χ2n) is 4.89. The molecule has 0 atom stereocenters. The van der Waals surface area contributed by atoms with Crippen LogP contribution in [0.25, 0.3) is 0 Å². The standard InChI is InChI=1S/C14H12Cl2IN3/c15-10-6-9(17)3-4-11(10)18-14-7-12(16)19-13(20-14)5-8-1-2-8/h3-4,6-8H,1-2,5H2,(H,18,19,20). The summed E-state index contributed by atoms with van der Waals surface area (Å²) >= 11 is 14.5. The molecule has 1 aromatic carbocycles. The zero-order valence-electron chi connectivity index (χ0n) is 10.5. The summed E-state index contributed by atoms with van der Waals surface area (Å²) in [4.78, 5) is 8.78. The van der Waals surface area contributed by atoms with Crippen molar-refractivity contribution in [1.29, 1.82) is 0 Å². The number of nitrogens with one attached hydrogen (secondary N) is 1. The van der Waals surface area contributed by atoms with E-state index in [-0.39, 0.29) is 0 Å². The van der Waals surface area contributed by atoms with Crippen LogP contribution >= 0.6 is 45.8 Å². The van der Waals surface area contributed by atoms with E-state index in [1.54, 1.807) is 6.07 Å². The summed E-state index contributed by atoms with van der Waals surface area (Å²) < 4.78 is 1.09. The van der Waals surface area contributed by atoms with Crippen molar-refractivity contribution in [2.45, 2.75) is 19.3 Å². The van der Waals surface area contributed by atoms with Gasteiger partial charge in [0.25, 0.3) is 0 Å². The molecule has 0 saturated heterocycles. The van der Waals surface area contributed by atoms with Crippen LogP contribution in [0.2, 0.25) is 10.2 Å². The van der Waals surface area contributed by atoms with Crippen LogP contribution < -0.4 is 5.32 Å². The Balaban J connectivity index is 1.83. The number of benzene rings is 1. The number of hydrogen-bond donors (Lipinski definition) is 1. The van der Waals surface area contributed by atoms with Crippen molar-refractivity contribution in [3.63, 3.8) is 0 Å². The number of aromatic nitrogens is 2. The van der Waals surface area contributed by atoms with Gasteiger partial charge in [0.2, 0.25) is 0 Å². The maximum atomic E-state index is 6.21. The molecule has 0 unspecified atom stereocenters. The SMILES string of the molecule is Clc1cc(Nc2ccc(I)cc2Cl)nc(CC2CC2)n1. The van der Waals surface area contributed by atoms with Crippen LogP contribution in [0.15, 0.2) is 24.3 Å². The van der Waals surface area contributed by atoms with Gasteiger partial charge in [0.15, 0.2) is 0 Å². The number of rotatable bonds is 4. The fourth-order valence-electron chi connectivity index (χ4n) is 1.93. The zero-order valence-corrected chi connectivity index (χ0v) is 14.2. The number of hydrogen-bond acceptors (Lipinski definition) is 3. The molecule has 2 aromatic rings. The van der Waals surface area contributed by atoms with E-state index in [2.05, 4.69) is 37.9 Å². The molecule has 0 bridgehead atoms. The molecule has 104 valence electrons. The first kappa shape index (κ1) is 14.4. The lowest BCUT2D eigenvalue weighted by atomic mass is 10.3. The molecule has 0 aliphatic heterocycles. The highest BCUT2D eigenvalue weighted by Crippen LogP contribution is 2.32. The lowest BCUT2D eigenvalue weighted by molar-refractivity contribution is 0.771. The van der Waals surface area contributed by atoms with Gasteiger partial charge < -0.3 is 5.32 Å². The van der Waals surface area contributed by atoms with Crippen molar-refractivity contribution in [3.8, 4) is 0 Å². The summed E-state index contributed by atoms with van der Waals surface area (Å²) in [7, 11) is 0. The summed E-state index contributed by atoms with van der Waals surface area (Å²) in [5.74, 6) is 2.20. The molecule has 1 aliphatic carbocycles. The van der Waals surface area contributed by atoms with E-state index in [0.717, 1.165) is 27.4 Å². The van der Waals surface area contributed by atoms with Gasteiger partial charge in [-0.05, 0) is 59.5 Å². The van der Waals surface area contributed by atoms with Gasteiger partial charge in [-0.2, -0.15) is 0 Å². The first-order chi connectivity index (χ1) is 9.60. The summed E-state index contributed by atoms with van der Waals surface area (Å²) in [6.07, 6.45) is 3.43. The van der Waals surface area contributed by atoms with E-state index in [4.69, 9.17) is 23.2 Å². The summed E-state index contributed by atoms with van der Waals surface area (Å²) in [6.45, 7) is 0. The Morgan fingerprint density at radius 2 is 2.00 bits per heavy atom. The highest BCUT2D eigenvalue weighted by atomic mass is 127. The lowest BCUT2D eigenvalue weighted by Crippen LogP contribution is -2.02. The first-order valence-electron chi connectivity index (χ1n) is 6.36. The van der Waals surface area contributed by atoms with Gasteiger partial charge >= 0.3 is 0 Å². The fourth-order valence-corrected chi connectivity index (χ4v) is 3.03. The van der Waals surface area contributed by atoms with Gasteiger partial charge in [-0.1, -0.05) is 23.2 Å². The third-order valence-corrected chi connectivity index (χ3v) is 4.28. The van der Waals surface area contributed by atoms with Gasteiger partial charge in [0.1, 0.15) is 16.8 Å². The van der Waals surface area contributed by atoms with Crippen LogP contribution in [0, 0.1) is 9.49 Å². The lowest BCUT2D eigenvalue weighted by Gasteiger charge is -2.09. The molecule has 1 N–H and O–H groups in total. The molecular formula is C14H12Cl2IN3. The molecule has 1 aliphatic rings. The number of halogens is 3. The minimum Gasteiger partial charge on any atom is -0.339 e. The Kier molecular flexibility index (Phi) is 4.33. The van der Waals surface area contributed by atoms with E-state index >= 15 is 0 Å². The molecule has 1 heterocycles. The average Bonchev–Trinajstić information content (AvgIpc) is 3.16. The van der Waals surface area contributed by atoms with Crippen LogP contribution in [0.5, 0.6) is 0 Å². The highest BCUT2D eigenvalue weighted by molar-refractivity contribution is 14.1. The first-order valence-corrected chi connectivity index (χ1v) is 8.19. The fraction of sp³-hybridized carbons (Fsp3) is 0.286. The third-order valence-electron chi connectivity index (χ3n) is 3.10. The van der Waals surface area contributed by atoms with E-state index in [1.807, 2.05) is 18.2 Å². The van der Waals surface area contributed by atoms with Gasteiger partial charge in [-0.3, -0.25) is 0 Å². The molecule has 1 saturated carbocycles. The zero-order chi connectivity index (χ0) is 14.1. The smallest absolute Gasteiger partial charge is 0.135 e. The topological polar surface area (TPSA) is 37.8 Å². The maximum Gasteiger partial charge on any atom is 0.135 e. The van der Waals surface area contributed by atoms with Crippen molar-refractivity contribution in [2.24, 2.45) is 5.92 Å². The van der Waals surface area contributed by atoms with Gasteiger partial charge in [0, 0.05) is 16.1 Å². The van der Waals surface area contributed by atoms with E-state index in [1.165, 1.54) is 12.8 Å². The van der Waals surface area contributed by atoms with Crippen molar-refractivity contribution >= 4 is 57.3 Å². The quantitative estimate of drug-likeness (QED) is 0.554. The minimum atomic E-state index is 0.458. The van der Waals surface area contributed by atoms with Crippen molar-refractivity contribution < 1.29 is 0 Å². The van der Waals surface area contributed by atoms with Crippen LogP contribution in [0.3, 0.4) is 0 Å². The Bertz CT molecular complexity index is 644. The second kappa shape index (κ2) is 6.03. The molecule has 1 fully saturated rings. The molecular weight excluding hydrogens is 408 g/mol. The van der Waals surface area contributed by atoms with E-state index < -0.39 is 0 Å². The molecule has 0 spiro atoms. The van der Waals surface area contributed by atoms with Gasteiger partial charge in [0.05, 0.1) is 10.7 Å². The Morgan fingerprint density at radius 3 is 2.70 bits per heavy atom. The van der Waals surface area contributed by atoms with Crippen molar-refractivity contribution in [3.05, 3.63) is 43.8 Å². The summed E-state index contributed by atoms with van der Waals surface area (Å²) in [6, 6.07) is 7.54. The Hall–Kier alpha value is -0.590. The van der Waals surface area contributed by atoms with Crippen LogP contribution in [-0.4, -0.2) is 9.97 Å². The molecule has 3 nitrogen and oxygen atoms in total. The molecule has 3 rings (SSSR count). The van der Waals surface area contributed by atoms with Gasteiger partial charge in [-0.15, -0.1) is 0 Å². The van der Waals surface area contributed by atoms with Crippen molar-refractivity contribution in [1.82, 2.24) is 9.97 Å². The third kappa shape index (κ3) is 3.74. The molecule has 20 heavy (non-hydrogen) atoms. The number of anilines is 2. The van der Waals surface area contributed by atoms with Crippen molar-refractivity contribution in [2.75, 3.05) is 5.32 Å². The summed E-state index contributed by atoms with van der Waals surface area (Å²) in [5, 5.41) is 4.32. The number of nitrogens with zero attached hydrogens (tertiary/aromatic N) is 2. The highest BCUT2D eigenvalue weighted by Gasteiger charge is 2.23. The molecule has 0 radical (unpaired) electrons. The van der Waals surface area contributed by atoms with Crippen LogP contribution in [-0.2, 0) is 6.42 Å². The largest absolute Gasteiger partial charge is 0.339 e. The maximum absolute atomic E-state index is 6.21. The van der Waals surface area contributed by atoms with E-state index in [9.17, 15) is 0 Å². The van der Waals surface area contributed by atoms with Gasteiger partial charge in [-0.25, -0.2) is 9.97 Å². The average molecular weight is 420 g/mol. The van der Waals surface area contributed by atoms with Crippen LogP contribution in [0.1, 0.15) is 18.7 Å². The molecule has 0 amide bonds. The monoisotopic (exact) mass is 419 g/mol. The predicted octanol–water partition coefficient (Wildman–Crippen LogP) is 5.08. The molecule has 6 heteroatoms. The second-order valence-corrected chi connectivity index (χ2v) is 6.93. The van der Waals surface area contributed by atoms with E-state index in [0.29, 0.717) is 16.0 Å². The normalized spacial score (nSPS) is 14.3. The Morgan fingerprint density at radius 1 is 1.20 bits per heavy atom.